The number of rotatable bonds is 8. The van der Waals surface area contributed by atoms with Gasteiger partial charge < -0.3 is 15.4 Å². The largest absolute Gasteiger partial charge is 0.457 e. The summed E-state index contributed by atoms with van der Waals surface area (Å²) in [7, 11) is 0. The minimum Gasteiger partial charge on any atom is -0.457 e. The highest BCUT2D eigenvalue weighted by atomic mass is 16.5. The Labute approximate surface area is 174 Å². The van der Waals surface area contributed by atoms with Crippen molar-refractivity contribution >= 4 is 35.3 Å². The van der Waals surface area contributed by atoms with E-state index >= 15 is 0 Å². The maximum Gasteiger partial charge on any atom is 0.308 e. The number of Topliss-reactive ketones (excluding diaryl/α,β-unsaturated/α-hetero) is 1. The summed E-state index contributed by atoms with van der Waals surface area (Å²) in [5.41, 5.74) is 2.72. The van der Waals surface area contributed by atoms with Crippen LogP contribution in [0.25, 0.3) is 6.08 Å². The fraction of sp³-hybridized carbons (Fsp3) is 0.217. The van der Waals surface area contributed by atoms with Crippen LogP contribution >= 0.6 is 0 Å². The molecule has 3 rings (SSSR count). The van der Waals surface area contributed by atoms with Crippen molar-refractivity contribution in [1.29, 1.82) is 0 Å². The number of anilines is 1. The summed E-state index contributed by atoms with van der Waals surface area (Å²) < 4.78 is 5.00. The third-order valence-electron chi connectivity index (χ3n) is 4.71. The van der Waals surface area contributed by atoms with Gasteiger partial charge in [0.2, 0.25) is 11.8 Å². The molecular formula is C23H22N2O5. The molecule has 1 aliphatic rings. The molecule has 1 heterocycles. The van der Waals surface area contributed by atoms with Crippen LogP contribution in [0.15, 0.2) is 54.6 Å². The first kappa shape index (κ1) is 21.0. The molecule has 7 heteroatoms. The molecule has 7 nitrogen and oxygen atoms in total. The molecule has 154 valence electrons. The van der Waals surface area contributed by atoms with Gasteiger partial charge in [0.05, 0.1) is 12.3 Å². The molecule has 2 N–H and O–H groups in total. The molecule has 0 fully saturated rings. The minimum absolute atomic E-state index is 0.0438. The van der Waals surface area contributed by atoms with E-state index in [1.807, 2.05) is 30.3 Å². The molecule has 0 radical (unpaired) electrons. The van der Waals surface area contributed by atoms with E-state index in [4.69, 9.17) is 4.74 Å². The van der Waals surface area contributed by atoms with Crippen molar-refractivity contribution in [2.24, 2.45) is 0 Å². The van der Waals surface area contributed by atoms with Crippen LogP contribution in [0, 0.1) is 0 Å². The molecule has 0 aliphatic carbocycles. The summed E-state index contributed by atoms with van der Waals surface area (Å²) >= 11 is 0. The van der Waals surface area contributed by atoms with Gasteiger partial charge in [-0.1, -0.05) is 30.3 Å². The summed E-state index contributed by atoms with van der Waals surface area (Å²) in [6.07, 6.45) is 3.02. The monoisotopic (exact) mass is 406 g/mol. The van der Waals surface area contributed by atoms with Gasteiger partial charge >= 0.3 is 5.97 Å². The van der Waals surface area contributed by atoms with Gasteiger partial charge in [-0.05, 0) is 42.3 Å². The number of hydrogen-bond donors (Lipinski definition) is 2. The topological polar surface area (TPSA) is 102 Å². The van der Waals surface area contributed by atoms with Gasteiger partial charge in [0.15, 0.2) is 12.4 Å². The quantitative estimate of drug-likeness (QED) is 0.399. The molecule has 2 aromatic rings. The van der Waals surface area contributed by atoms with Crippen molar-refractivity contribution < 1.29 is 23.9 Å². The SMILES string of the molecule is C[C@@H]1C(=O)Nc2ccc(C(=O)COC(=O)CCNC(=O)/C=C/c3ccccc3)cc21. The van der Waals surface area contributed by atoms with Crippen LogP contribution in [0.3, 0.4) is 0 Å². The van der Waals surface area contributed by atoms with E-state index in [9.17, 15) is 19.2 Å². The van der Waals surface area contributed by atoms with Crippen LogP contribution in [-0.2, 0) is 19.1 Å². The van der Waals surface area contributed by atoms with E-state index in [0.717, 1.165) is 11.1 Å². The first-order valence-electron chi connectivity index (χ1n) is 9.58. The number of amides is 2. The second kappa shape index (κ2) is 9.65. The van der Waals surface area contributed by atoms with Crippen LogP contribution in [0.2, 0.25) is 0 Å². The average molecular weight is 406 g/mol. The number of carbonyl (C=O) groups excluding carboxylic acids is 4. The van der Waals surface area contributed by atoms with E-state index in [1.165, 1.54) is 6.08 Å². The maximum atomic E-state index is 12.3. The Bertz CT molecular complexity index is 998. The number of esters is 1. The molecule has 0 spiro atoms. The summed E-state index contributed by atoms with van der Waals surface area (Å²) in [5, 5.41) is 5.33. The minimum atomic E-state index is -0.581. The molecule has 0 aromatic heterocycles. The highest BCUT2D eigenvalue weighted by molar-refractivity contribution is 6.05. The Morgan fingerprint density at radius 2 is 1.90 bits per heavy atom. The lowest BCUT2D eigenvalue weighted by molar-refractivity contribution is -0.142. The van der Waals surface area contributed by atoms with Crippen molar-refractivity contribution in [3.05, 3.63) is 71.3 Å². The van der Waals surface area contributed by atoms with E-state index in [0.29, 0.717) is 11.3 Å². The van der Waals surface area contributed by atoms with Gasteiger partial charge in [-0.15, -0.1) is 0 Å². The zero-order chi connectivity index (χ0) is 21.5. The van der Waals surface area contributed by atoms with Crippen LogP contribution in [0.4, 0.5) is 5.69 Å². The van der Waals surface area contributed by atoms with E-state index < -0.39 is 12.6 Å². The Hall–Kier alpha value is -3.74. The average Bonchev–Trinajstić information content (AvgIpc) is 3.04. The van der Waals surface area contributed by atoms with Gasteiger partial charge in [-0.2, -0.15) is 0 Å². The van der Waals surface area contributed by atoms with Crippen LogP contribution in [0.1, 0.15) is 40.7 Å². The van der Waals surface area contributed by atoms with Gasteiger partial charge in [0, 0.05) is 23.9 Å². The maximum absolute atomic E-state index is 12.3. The van der Waals surface area contributed by atoms with Gasteiger partial charge in [-0.25, -0.2) is 0 Å². The lowest BCUT2D eigenvalue weighted by Crippen LogP contribution is -2.25. The molecule has 2 aromatic carbocycles. The first-order valence-corrected chi connectivity index (χ1v) is 9.58. The molecule has 30 heavy (non-hydrogen) atoms. The number of ketones is 1. The van der Waals surface area contributed by atoms with Gasteiger partial charge in [-0.3, -0.25) is 19.2 Å². The second-order valence-electron chi connectivity index (χ2n) is 6.88. The number of carbonyl (C=O) groups is 4. The van der Waals surface area contributed by atoms with Crippen molar-refractivity contribution in [1.82, 2.24) is 5.32 Å². The smallest absolute Gasteiger partial charge is 0.308 e. The molecule has 0 unspecified atom stereocenters. The van der Waals surface area contributed by atoms with Crippen molar-refractivity contribution in [3.63, 3.8) is 0 Å². The lowest BCUT2D eigenvalue weighted by Gasteiger charge is -2.07. The summed E-state index contributed by atoms with van der Waals surface area (Å²) in [6.45, 7) is 1.48. The number of nitrogens with one attached hydrogen (secondary N) is 2. The molecule has 0 saturated heterocycles. The zero-order valence-electron chi connectivity index (χ0n) is 16.5. The van der Waals surface area contributed by atoms with E-state index in [1.54, 1.807) is 31.2 Å². The van der Waals surface area contributed by atoms with Crippen molar-refractivity contribution in [2.45, 2.75) is 19.3 Å². The third kappa shape index (κ3) is 5.41. The van der Waals surface area contributed by atoms with Gasteiger partial charge in [0.25, 0.3) is 0 Å². The molecular weight excluding hydrogens is 384 g/mol. The number of hydrogen-bond acceptors (Lipinski definition) is 5. The first-order chi connectivity index (χ1) is 14.4. The zero-order valence-corrected chi connectivity index (χ0v) is 16.5. The highest BCUT2D eigenvalue weighted by Crippen LogP contribution is 2.32. The predicted molar refractivity (Wildman–Crippen MR) is 112 cm³/mol. The number of fused-ring (bicyclic) bond motifs is 1. The van der Waals surface area contributed by atoms with Crippen LogP contribution in [0.5, 0.6) is 0 Å². The Morgan fingerprint density at radius 3 is 2.67 bits per heavy atom. The molecule has 0 bridgehead atoms. The Kier molecular flexibility index (Phi) is 6.75. The predicted octanol–water partition coefficient (Wildman–Crippen LogP) is 2.69. The van der Waals surface area contributed by atoms with Crippen molar-refractivity contribution in [3.8, 4) is 0 Å². The highest BCUT2D eigenvalue weighted by Gasteiger charge is 2.27. The summed E-state index contributed by atoms with van der Waals surface area (Å²) in [5.74, 6) is -1.69. The van der Waals surface area contributed by atoms with E-state index in [-0.39, 0.29) is 36.5 Å². The summed E-state index contributed by atoms with van der Waals surface area (Å²) in [6, 6.07) is 14.3. The Morgan fingerprint density at radius 1 is 1.13 bits per heavy atom. The lowest BCUT2D eigenvalue weighted by atomic mass is 9.99. The molecule has 1 aliphatic heterocycles. The normalized spacial score (nSPS) is 14.8. The summed E-state index contributed by atoms with van der Waals surface area (Å²) in [4.78, 5) is 47.5. The number of benzene rings is 2. The second-order valence-corrected chi connectivity index (χ2v) is 6.88. The molecule has 0 saturated carbocycles. The van der Waals surface area contributed by atoms with Crippen LogP contribution < -0.4 is 10.6 Å². The molecule has 2 amide bonds. The van der Waals surface area contributed by atoms with Crippen LogP contribution in [-0.4, -0.2) is 36.7 Å². The standard InChI is InChI=1S/C23H22N2O5/c1-15-18-13-17(8-9-19(18)25-23(15)29)20(26)14-30-22(28)11-12-24-21(27)10-7-16-5-3-2-4-6-16/h2-10,13,15H,11-12,14H2,1H3,(H,24,27)(H,25,29)/b10-7+/t15-/m0/s1. The molecule has 1 atom stereocenters. The third-order valence-corrected chi connectivity index (χ3v) is 4.71. The van der Waals surface area contributed by atoms with Crippen molar-refractivity contribution in [2.75, 3.05) is 18.5 Å². The van der Waals surface area contributed by atoms with Gasteiger partial charge in [0.1, 0.15) is 0 Å². The fourth-order valence-corrected chi connectivity index (χ4v) is 2.97. The van der Waals surface area contributed by atoms with E-state index in [2.05, 4.69) is 10.6 Å². The Balaban J connectivity index is 1.40. The number of ether oxygens (including phenoxy) is 1. The fourth-order valence-electron chi connectivity index (χ4n) is 2.97.